The van der Waals surface area contributed by atoms with Crippen molar-refractivity contribution in [2.75, 3.05) is 26.3 Å². The molecule has 0 unspecified atom stereocenters. The van der Waals surface area contributed by atoms with Gasteiger partial charge in [0.25, 0.3) is 0 Å². The van der Waals surface area contributed by atoms with Crippen LogP contribution in [0.2, 0.25) is 0 Å². The molecule has 0 N–H and O–H groups in total. The van der Waals surface area contributed by atoms with Gasteiger partial charge in [0.1, 0.15) is 16.5 Å². The summed E-state index contributed by atoms with van der Waals surface area (Å²) in [5.41, 5.74) is 1.51. The van der Waals surface area contributed by atoms with Gasteiger partial charge in [0.15, 0.2) is 0 Å². The molecule has 28 heavy (non-hydrogen) atoms. The fraction of sp³-hybridized carbons (Fsp3) is 0.286. The molecule has 144 valence electrons. The Morgan fingerprint density at radius 2 is 1.75 bits per heavy atom. The third kappa shape index (κ3) is 3.86. The number of rotatable bonds is 4. The van der Waals surface area contributed by atoms with Crippen molar-refractivity contribution in [3.05, 3.63) is 54.3 Å². The van der Waals surface area contributed by atoms with E-state index < -0.39 is 0 Å². The van der Waals surface area contributed by atoms with E-state index in [1.807, 2.05) is 36.1 Å². The fourth-order valence-electron chi connectivity index (χ4n) is 3.25. The normalized spacial score (nSPS) is 15.6. The van der Waals surface area contributed by atoms with Crippen LogP contribution >= 0.6 is 11.8 Å². The van der Waals surface area contributed by atoms with Crippen LogP contribution in [-0.4, -0.2) is 52.6 Å². The number of halogens is 1. The van der Waals surface area contributed by atoms with Crippen molar-refractivity contribution in [1.82, 2.24) is 15.1 Å². The number of hydrogen-bond donors (Lipinski definition) is 0. The van der Waals surface area contributed by atoms with Gasteiger partial charge in [0, 0.05) is 29.4 Å². The molecule has 1 aliphatic heterocycles. The highest BCUT2D eigenvalue weighted by molar-refractivity contribution is 8.00. The van der Waals surface area contributed by atoms with Crippen LogP contribution in [0.1, 0.15) is 6.92 Å². The van der Waals surface area contributed by atoms with E-state index >= 15 is 0 Å². The van der Waals surface area contributed by atoms with Crippen molar-refractivity contribution in [1.29, 1.82) is 0 Å². The Morgan fingerprint density at radius 1 is 1.07 bits per heavy atom. The van der Waals surface area contributed by atoms with E-state index in [0.717, 1.165) is 21.4 Å². The van der Waals surface area contributed by atoms with Gasteiger partial charge in [-0.2, -0.15) is 0 Å². The largest absolute Gasteiger partial charge is 0.378 e. The minimum absolute atomic E-state index is 0.0850. The van der Waals surface area contributed by atoms with Gasteiger partial charge in [0.2, 0.25) is 5.91 Å². The fourth-order valence-corrected chi connectivity index (χ4v) is 4.22. The molecule has 0 spiro atoms. The highest BCUT2D eigenvalue weighted by Crippen LogP contribution is 2.33. The number of fused-ring (bicyclic) bond motifs is 1. The number of carbonyl (C=O) groups excluding carboxylic acids is 1. The second-order valence-corrected chi connectivity index (χ2v) is 7.93. The first-order chi connectivity index (χ1) is 13.6. The Kier molecular flexibility index (Phi) is 5.54. The van der Waals surface area contributed by atoms with Gasteiger partial charge in [-0.05, 0) is 31.2 Å². The van der Waals surface area contributed by atoms with Crippen molar-refractivity contribution in [3.8, 4) is 11.3 Å². The zero-order valence-electron chi connectivity index (χ0n) is 15.5. The molecule has 0 radical (unpaired) electrons. The third-order valence-electron chi connectivity index (χ3n) is 4.73. The molecule has 2 aromatic carbocycles. The van der Waals surface area contributed by atoms with Crippen LogP contribution in [0.25, 0.3) is 22.0 Å². The Hall–Kier alpha value is -2.51. The van der Waals surface area contributed by atoms with Crippen molar-refractivity contribution in [2.24, 2.45) is 0 Å². The summed E-state index contributed by atoms with van der Waals surface area (Å²) in [5.74, 6) is -0.203. The summed E-state index contributed by atoms with van der Waals surface area (Å²) in [6.45, 7) is 4.31. The summed E-state index contributed by atoms with van der Waals surface area (Å²) in [6, 6.07) is 14.1. The standard InChI is InChI=1S/C21H20FN3O2S/c1-14(21(26)25-10-12-27-13-11-25)28-20-18-5-3-2-4-17(18)19(23-24-20)15-6-8-16(22)9-7-15/h2-9,14H,10-13H2,1H3/t14-/m1/s1. The van der Waals surface area contributed by atoms with E-state index in [2.05, 4.69) is 10.2 Å². The minimum atomic E-state index is -0.288. The van der Waals surface area contributed by atoms with Crippen molar-refractivity contribution in [2.45, 2.75) is 17.2 Å². The van der Waals surface area contributed by atoms with Crippen LogP contribution in [-0.2, 0) is 9.53 Å². The van der Waals surface area contributed by atoms with Crippen LogP contribution in [0.5, 0.6) is 0 Å². The average Bonchev–Trinajstić information content (AvgIpc) is 2.75. The maximum atomic E-state index is 13.3. The summed E-state index contributed by atoms with van der Waals surface area (Å²) < 4.78 is 18.6. The third-order valence-corrected chi connectivity index (χ3v) is 5.81. The van der Waals surface area contributed by atoms with E-state index in [1.54, 1.807) is 12.1 Å². The Balaban J connectivity index is 1.64. The molecule has 1 aromatic heterocycles. The van der Waals surface area contributed by atoms with Crippen LogP contribution in [0.4, 0.5) is 4.39 Å². The number of benzene rings is 2. The van der Waals surface area contributed by atoms with E-state index in [-0.39, 0.29) is 17.0 Å². The summed E-state index contributed by atoms with van der Waals surface area (Å²) in [5, 5.41) is 11.1. The van der Waals surface area contributed by atoms with Crippen LogP contribution < -0.4 is 0 Å². The van der Waals surface area contributed by atoms with Crippen molar-refractivity contribution >= 4 is 28.4 Å². The lowest BCUT2D eigenvalue weighted by molar-refractivity contribution is -0.134. The average molecular weight is 397 g/mol. The molecule has 1 amide bonds. The van der Waals surface area contributed by atoms with Gasteiger partial charge in [-0.1, -0.05) is 36.0 Å². The second kappa shape index (κ2) is 8.24. The summed E-state index contributed by atoms with van der Waals surface area (Å²) in [7, 11) is 0. The van der Waals surface area contributed by atoms with Crippen LogP contribution in [0, 0.1) is 5.82 Å². The summed E-state index contributed by atoms with van der Waals surface area (Å²) >= 11 is 1.42. The molecular formula is C21H20FN3O2S. The van der Waals surface area contributed by atoms with Gasteiger partial charge in [-0.25, -0.2) is 4.39 Å². The first-order valence-corrected chi connectivity index (χ1v) is 10.1. The topological polar surface area (TPSA) is 55.3 Å². The molecule has 7 heteroatoms. The zero-order valence-corrected chi connectivity index (χ0v) is 16.3. The number of ether oxygens (including phenoxy) is 1. The molecule has 2 heterocycles. The van der Waals surface area contributed by atoms with Gasteiger partial charge in [-0.3, -0.25) is 4.79 Å². The molecule has 4 rings (SSSR count). The number of morpholine rings is 1. The predicted molar refractivity (Wildman–Crippen MR) is 108 cm³/mol. The van der Waals surface area contributed by atoms with Crippen LogP contribution in [0.3, 0.4) is 0 Å². The highest BCUT2D eigenvalue weighted by atomic mass is 32.2. The molecule has 1 aliphatic rings. The number of carbonyl (C=O) groups is 1. The summed E-state index contributed by atoms with van der Waals surface area (Å²) in [4.78, 5) is 14.6. The van der Waals surface area contributed by atoms with Crippen LogP contribution in [0.15, 0.2) is 53.6 Å². The molecule has 0 bridgehead atoms. The Morgan fingerprint density at radius 3 is 2.46 bits per heavy atom. The minimum Gasteiger partial charge on any atom is -0.378 e. The van der Waals surface area contributed by atoms with Gasteiger partial charge < -0.3 is 9.64 Å². The molecular weight excluding hydrogens is 377 g/mol. The lowest BCUT2D eigenvalue weighted by atomic mass is 10.1. The molecule has 1 fully saturated rings. The first-order valence-electron chi connectivity index (χ1n) is 9.18. The lowest BCUT2D eigenvalue weighted by Gasteiger charge is -2.29. The Labute approximate surface area is 166 Å². The maximum absolute atomic E-state index is 13.3. The van der Waals surface area contributed by atoms with E-state index in [4.69, 9.17) is 4.74 Å². The number of hydrogen-bond acceptors (Lipinski definition) is 5. The molecule has 1 atom stereocenters. The molecule has 0 saturated carbocycles. The van der Waals surface area contributed by atoms with E-state index in [0.29, 0.717) is 32.0 Å². The van der Waals surface area contributed by atoms with Gasteiger partial charge >= 0.3 is 0 Å². The maximum Gasteiger partial charge on any atom is 0.235 e. The molecule has 3 aromatic rings. The SMILES string of the molecule is C[C@@H](Sc1nnc(-c2ccc(F)cc2)c2ccccc12)C(=O)N1CCOCC1. The first kappa shape index (κ1) is 18.8. The lowest BCUT2D eigenvalue weighted by Crippen LogP contribution is -2.44. The monoisotopic (exact) mass is 397 g/mol. The van der Waals surface area contributed by atoms with Crippen molar-refractivity contribution in [3.63, 3.8) is 0 Å². The van der Waals surface area contributed by atoms with Gasteiger partial charge in [0.05, 0.1) is 18.5 Å². The van der Waals surface area contributed by atoms with E-state index in [9.17, 15) is 9.18 Å². The quantitative estimate of drug-likeness (QED) is 0.627. The zero-order chi connectivity index (χ0) is 19.5. The molecule has 1 saturated heterocycles. The predicted octanol–water partition coefficient (Wildman–Crippen LogP) is 3.78. The van der Waals surface area contributed by atoms with E-state index in [1.165, 1.54) is 23.9 Å². The molecule has 0 aliphatic carbocycles. The second-order valence-electron chi connectivity index (χ2n) is 6.60. The number of thioether (sulfide) groups is 1. The number of aromatic nitrogens is 2. The Bertz CT molecular complexity index is 991. The molecule has 5 nitrogen and oxygen atoms in total. The smallest absolute Gasteiger partial charge is 0.235 e. The number of amides is 1. The highest BCUT2D eigenvalue weighted by Gasteiger charge is 2.24. The van der Waals surface area contributed by atoms with Crippen molar-refractivity contribution < 1.29 is 13.9 Å². The van der Waals surface area contributed by atoms with Gasteiger partial charge in [-0.15, -0.1) is 10.2 Å². The number of nitrogens with zero attached hydrogens (tertiary/aromatic N) is 3. The summed E-state index contributed by atoms with van der Waals surface area (Å²) in [6.07, 6.45) is 0.